The van der Waals surface area contributed by atoms with Crippen LogP contribution in [0.2, 0.25) is 0 Å². The van der Waals surface area contributed by atoms with Crippen LogP contribution in [0.3, 0.4) is 0 Å². The molecule has 8 aromatic rings. The number of nitrogens with zero attached hydrogens (tertiary/aromatic N) is 1. The maximum atomic E-state index is 6.28. The van der Waals surface area contributed by atoms with E-state index in [4.69, 9.17) is 4.42 Å². The van der Waals surface area contributed by atoms with Crippen molar-refractivity contribution < 1.29 is 4.42 Å². The fraction of sp³-hybridized carbons (Fsp3) is 0.0698. The predicted molar refractivity (Wildman–Crippen MR) is 189 cm³/mol. The molecule has 0 saturated heterocycles. The highest BCUT2D eigenvalue weighted by atomic mass is 16.3. The average Bonchev–Trinajstić information content (AvgIpc) is 3.58. The van der Waals surface area contributed by atoms with Gasteiger partial charge < -0.3 is 9.32 Å². The maximum absolute atomic E-state index is 6.28. The van der Waals surface area contributed by atoms with Gasteiger partial charge in [0.25, 0.3) is 0 Å². The average molecular weight is 578 g/mol. The molecule has 2 heteroatoms. The van der Waals surface area contributed by atoms with Gasteiger partial charge in [-0.25, -0.2) is 0 Å². The van der Waals surface area contributed by atoms with Gasteiger partial charge >= 0.3 is 0 Å². The highest BCUT2D eigenvalue weighted by molar-refractivity contribution is 6.19. The first-order chi connectivity index (χ1) is 22.1. The zero-order valence-corrected chi connectivity index (χ0v) is 25.3. The summed E-state index contributed by atoms with van der Waals surface area (Å²) in [4.78, 5) is 2.40. The smallest absolute Gasteiger partial charge is 0.136 e. The van der Waals surface area contributed by atoms with Gasteiger partial charge in [-0.15, -0.1) is 0 Å². The SMILES string of the molecule is CC1(C)c2ccccc2-c2ccc(N(c3ccc(-c4ccccc4)cc3)c3ccc4ccc5oc6ccccc6c5c4c3)cc21. The van der Waals surface area contributed by atoms with E-state index in [9.17, 15) is 0 Å². The molecule has 1 heterocycles. The molecule has 0 amide bonds. The minimum Gasteiger partial charge on any atom is -0.456 e. The summed E-state index contributed by atoms with van der Waals surface area (Å²) in [6, 6.07) is 54.8. The highest BCUT2D eigenvalue weighted by Crippen LogP contribution is 2.51. The molecule has 0 atom stereocenters. The molecule has 45 heavy (non-hydrogen) atoms. The Labute approximate surface area is 262 Å². The van der Waals surface area contributed by atoms with Crippen molar-refractivity contribution in [2.75, 3.05) is 4.90 Å². The van der Waals surface area contributed by atoms with Gasteiger partial charge in [0.1, 0.15) is 11.2 Å². The largest absolute Gasteiger partial charge is 0.456 e. The molecule has 0 fully saturated rings. The number of furan rings is 1. The molecule has 1 aliphatic rings. The van der Waals surface area contributed by atoms with Crippen LogP contribution < -0.4 is 4.90 Å². The molecule has 7 aromatic carbocycles. The van der Waals surface area contributed by atoms with Crippen LogP contribution in [-0.2, 0) is 5.41 Å². The Kier molecular flexibility index (Phi) is 5.58. The van der Waals surface area contributed by atoms with Crippen molar-refractivity contribution in [2.24, 2.45) is 0 Å². The van der Waals surface area contributed by atoms with Gasteiger partial charge in [0.05, 0.1) is 0 Å². The summed E-state index contributed by atoms with van der Waals surface area (Å²) in [5.41, 5.74) is 12.9. The molecule has 0 bridgehead atoms. The summed E-state index contributed by atoms with van der Waals surface area (Å²) >= 11 is 0. The van der Waals surface area contributed by atoms with Gasteiger partial charge in [0, 0.05) is 33.2 Å². The number of para-hydroxylation sites is 1. The summed E-state index contributed by atoms with van der Waals surface area (Å²) in [7, 11) is 0. The molecular weight excluding hydrogens is 546 g/mol. The molecule has 2 nitrogen and oxygen atoms in total. The Balaban J connectivity index is 1.26. The van der Waals surface area contributed by atoms with Crippen LogP contribution in [0.15, 0.2) is 156 Å². The van der Waals surface area contributed by atoms with E-state index in [1.165, 1.54) is 44.2 Å². The minimum atomic E-state index is -0.0873. The Hall–Kier alpha value is -5.60. The van der Waals surface area contributed by atoms with Crippen LogP contribution in [0.1, 0.15) is 25.0 Å². The summed E-state index contributed by atoms with van der Waals surface area (Å²) < 4.78 is 6.28. The number of rotatable bonds is 4. The number of hydrogen-bond donors (Lipinski definition) is 0. The van der Waals surface area contributed by atoms with E-state index in [1.807, 2.05) is 6.07 Å². The van der Waals surface area contributed by atoms with E-state index in [0.717, 1.165) is 39.0 Å². The lowest BCUT2D eigenvalue weighted by Gasteiger charge is -2.28. The molecule has 0 radical (unpaired) electrons. The molecule has 0 unspecified atom stereocenters. The normalized spacial score (nSPS) is 13.3. The van der Waals surface area contributed by atoms with Crippen molar-refractivity contribution in [2.45, 2.75) is 19.3 Å². The first-order valence-electron chi connectivity index (χ1n) is 15.6. The molecule has 1 aromatic heterocycles. The van der Waals surface area contributed by atoms with Crippen LogP contribution >= 0.6 is 0 Å². The first kappa shape index (κ1) is 25.9. The van der Waals surface area contributed by atoms with Crippen LogP contribution in [0, 0.1) is 0 Å². The Bertz CT molecular complexity index is 2400. The van der Waals surface area contributed by atoms with Gasteiger partial charge in [-0.05, 0) is 92.7 Å². The Morgan fingerprint density at radius 2 is 1.11 bits per heavy atom. The number of fused-ring (bicyclic) bond motifs is 8. The van der Waals surface area contributed by atoms with E-state index >= 15 is 0 Å². The zero-order valence-electron chi connectivity index (χ0n) is 25.3. The van der Waals surface area contributed by atoms with E-state index in [0.29, 0.717) is 0 Å². The molecular formula is C43H31NO. The number of benzene rings is 7. The molecule has 0 aliphatic heterocycles. The molecule has 0 N–H and O–H groups in total. The van der Waals surface area contributed by atoms with Crippen LogP contribution in [0.5, 0.6) is 0 Å². The molecule has 214 valence electrons. The van der Waals surface area contributed by atoms with Gasteiger partial charge in [-0.3, -0.25) is 0 Å². The monoisotopic (exact) mass is 577 g/mol. The fourth-order valence-electron chi connectivity index (χ4n) is 7.38. The van der Waals surface area contributed by atoms with Gasteiger partial charge in [0.2, 0.25) is 0 Å². The highest BCUT2D eigenvalue weighted by Gasteiger charge is 2.35. The second-order valence-corrected chi connectivity index (χ2v) is 12.6. The predicted octanol–water partition coefficient (Wildman–Crippen LogP) is 12.2. The summed E-state index contributed by atoms with van der Waals surface area (Å²) in [5, 5.41) is 4.69. The fourth-order valence-corrected chi connectivity index (χ4v) is 7.38. The van der Waals surface area contributed by atoms with E-state index in [1.54, 1.807) is 0 Å². The second kappa shape index (κ2) is 9.70. The van der Waals surface area contributed by atoms with Crippen molar-refractivity contribution >= 4 is 49.8 Å². The molecule has 9 rings (SSSR count). The summed E-state index contributed by atoms with van der Waals surface area (Å²) in [6.07, 6.45) is 0. The minimum absolute atomic E-state index is 0.0873. The lowest BCUT2D eigenvalue weighted by atomic mass is 9.82. The first-order valence-corrected chi connectivity index (χ1v) is 15.6. The lowest BCUT2D eigenvalue weighted by molar-refractivity contribution is 0.660. The van der Waals surface area contributed by atoms with Gasteiger partial charge in [-0.1, -0.05) is 117 Å². The van der Waals surface area contributed by atoms with Crippen molar-refractivity contribution in [3.05, 3.63) is 163 Å². The van der Waals surface area contributed by atoms with Crippen LogP contribution in [0.25, 0.3) is 55.0 Å². The lowest BCUT2D eigenvalue weighted by Crippen LogP contribution is -2.16. The Morgan fingerprint density at radius 3 is 1.98 bits per heavy atom. The van der Waals surface area contributed by atoms with E-state index in [2.05, 4.69) is 164 Å². The van der Waals surface area contributed by atoms with Crippen molar-refractivity contribution in [1.29, 1.82) is 0 Å². The third-order valence-electron chi connectivity index (χ3n) is 9.66. The zero-order chi connectivity index (χ0) is 30.1. The van der Waals surface area contributed by atoms with Crippen molar-refractivity contribution in [3.63, 3.8) is 0 Å². The van der Waals surface area contributed by atoms with E-state index in [-0.39, 0.29) is 5.41 Å². The van der Waals surface area contributed by atoms with Crippen LogP contribution in [-0.4, -0.2) is 0 Å². The van der Waals surface area contributed by atoms with Crippen molar-refractivity contribution in [3.8, 4) is 22.3 Å². The maximum Gasteiger partial charge on any atom is 0.136 e. The second-order valence-electron chi connectivity index (χ2n) is 12.6. The van der Waals surface area contributed by atoms with E-state index < -0.39 is 0 Å². The molecule has 0 spiro atoms. The Morgan fingerprint density at radius 1 is 0.467 bits per heavy atom. The third kappa shape index (κ3) is 3.96. The standard InChI is InChI=1S/C43H31NO/c1-43(2)38-14-8-6-12-34(38)35-24-23-33(27-39(35)43)44(31-20-16-29(17-21-31)28-10-4-3-5-11-28)32-22-18-30-19-25-41-42(37(30)26-32)36-13-7-9-15-40(36)45-41/h3-27H,1-2H3. The quantitative estimate of drug-likeness (QED) is 0.207. The molecule has 0 saturated carbocycles. The third-order valence-corrected chi connectivity index (χ3v) is 9.66. The summed E-state index contributed by atoms with van der Waals surface area (Å²) in [5.74, 6) is 0. The van der Waals surface area contributed by atoms with Crippen molar-refractivity contribution in [1.82, 2.24) is 0 Å². The van der Waals surface area contributed by atoms with Gasteiger partial charge in [0.15, 0.2) is 0 Å². The topological polar surface area (TPSA) is 16.4 Å². The molecule has 1 aliphatic carbocycles. The number of anilines is 3. The number of hydrogen-bond acceptors (Lipinski definition) is 2. The van der Waals surface area contributed by atoms with Gasteiger partial charge in [-0.2, -0.15) is 0 Å². The van der Waals surface area contributed by atoms with Crippen LogP contribution in [0.4, 0.5) is 17.1 Å². The summed E-state index contributed by atoms with van der Waals surface area (Å²) in [6.45, 7) is 4.69.